The van der Waals surface area contributed by atoms with Gasteiger partial charge in [-0.15, -0.1) is 0 Å². The second-order valence-electron chi connectivity index (χ2n) is 9.50. The van der Waals surface area contributed by atoms with E-state index < -0.39 is 5.97 Å². The number of halogens is 1. The van der Waals surface area contributed by atoms with Crippen molar-refractivity contribution in [1.29, 1.82) is 0 Å². The van der Waals surface area contributed by atoms with Crippen molar-refractivity contribution in [2.75, 3.05) is 19.0 Å². The minimum Gasteiger partial charge on any atom is -0.457 e. The van der Waals surface area contributed by atoms with Gasteiger partial charge < -0.3 is 18.6 Å². The lowest BCUT2D eigenvalue weighted by molar-refractivity contribution is -0.139. The summed E-state index contributed by atoms with van der Waals surface area (Å²) in [5, 5.41) is 1.29. The molecule has 1 saturated heterocycles. The zero-order chi connectivity index (χ0) is 26.6. The van der Waals surface area contributed by atoms with Crippen molar-refractivity contribution in [2.24, 2.45) is 0 Å². The highest BCUT2D eigenvalue weighted by atomic mass is 35.5. The van der Waals surface area contributed by atoms with E-state index in [0.717, 1.165) is 54.0 Å². The summed E-state index contributed by atoms with van der Waals surface area (Å²) in [6, 6.07) is 17.5. The molecule has 1 fully saturated rings. The number of fused-ring (bicyclic) bond motifs is 1. The number of carbonyl (C=O) groups is 2. The molecule has 1 aliphatic rings. The summed E-state index contributed by atoms with van der Waals surface area (Å²) in [7, 11) is 0. The number of ketones is 1. The fourth-order valence-electron chi connectivity index (χ4n) is 4.86. The van der Waals surface area contributed by atoms with E-state index in [4.69, 9.17) is 26.1 Å². The molecule has 0 radical (unpaired) electrons. The average molecular weight is 552 g/mol. The lowest BCUT2D eigenvalue weighted by Gasteiger charge is -2.14. The van der Waals surface area contributed by atoms with Crippen molar-refractivity contribution in [1.82, 2.24) is 14.1 Å². The molecule has 0 amide bonds. The third-order valence-electron chi connectivity index (χ3n) is 6.83. The number of aryl methyl sites for hydroxylation is 1. The number of nitrogens with zero attached hydrogens (tertiary/aromatic N) is 3. The highest BCUT2D eigenvalue weighted by Crippen LogP contribution is 2.27. The molecule has 9 heteroatoms. The van der Waals surface area contributed by atoms with Crippen LogP contribution in [0.25, 0.3) is 11.0 Å². The van der Waals surface area contributed by atoms with Crippen molar-refractivity contribution >= 4 is 46.1 Å². The maximum absolute atomic E-state index is 12.9. The summed E-state index contributed by atoms with van der Waals surface area (Å²) in [5.41, 5.74) is 5.28. The molecule has 1 aliphatic heterocycles. The fraction of sp³-hybridized carbons (Fsp3) is 0.345. The van der Waals surface area contributed by atoms with Crippen LogP contribution >= 0.6 is 23.4 Å². The molecule has 5 rings (SSSR count). The quantitative estimate of drug-likeness (QED) is 0.140. The summed E-state index contributed by atoms with van der Waals surface area (Å²) in [4.78, 5) is 30.2. The lowest BCUT2D eigenvalue weighted by Crippen LogP contribution is -2.18. The number of aromatic nitrogens is 3. The van der Waals surface area contributed by atoms with Crippen LogP contribution in [0.4, 0.5) is 0 Å². The Morgan fingerprint density at radius 1 is 1.13 bits per heavy atom. The largest absolute Gasteiger partial charge is 0.457 e. The molecule has 0 spiro atoms. The van der Waals surface area contributed by atoms with E-state index in [9.17, 15) is 9.59 Å². The van der Waals surface area contributed by atoms with Gasteiger partial charge in [-0.05, 0) is 56.5 Å². The van der Waals surface area contributed by atoms with E-state index >= 15 is 0 Å². The van der Waals surface area contributed by atoms with E-state index in [0.29, 0.717) is 22.3 Å². The third kappa shape index (κ3) is 5.98. The minimum absolute atomic E-state index is 0.0389. The van der Waals surface area contributed by atoms with Crippen molar-refractivity contribution in [3.05, 3.63) is 82.1 Å². The van der Waals surface area contributed by atoms with Crippen molar-refractivity contribution < 1.29 is 19.1 Å². The third-order valence-corrected chi connectivity index (χ3v) is 8.01. The zero-order valence-electron chi connectivity index (χ0n) is 21.5. The van der Waals surface area contributed by atoms with Gasteiger partial charge in [0.15, 0.2) is 11.8 Å². The molecule has 198 valence electrons. The van der Waals surface area contributed by atoms with Gasteiger partial charge in [0.2, 0.25) is 5.78 Å². The topological polar surface area (TPSA) is 75.4 Å². The van der Waals surface area contributed by atoms with Gasteiger partial charge in [0.1, 0.15) is 0 Å². The molecule has 2 aromatic heterocycles. The highest BCUT2D eigenvalue weighted by molar-refractivity contribution is 7.99. The minimum atomic E-state index is -0.465. The van der Waals surface area contributed by atoms with Gasteiger partial charge in [-0.25, -0.2) is 4.98 Å². The number of hydrogen-bond donors (Lipinski definition) is 0. The highest BCUT2D eigenvalue weighted by Gasteiger charge is 2.22. The van der Waals surface area contributed by atoms with Crippen LogP contribution in [0.1, 0.15) is 40.2 Å². The molecule has 1 atom stereocenters. The van der Waals surface area contributed by atoms with Crippen LogP contribution in [0.15, 0.2) is 59.8 Å². The van der Waals surface area contributed by atoms with E-state index in [1.807, 2.05) is 68.4 Å². The number of ether oxygens (including phenoxy) is 2. The van der Waals surface area contributed by atoms with Crippen molar-refractivity contribution in [3.63, 3.8) is 0 Å². The van der Waals surface area contributed by atoms with Crippen LogP contribution in [0.5, 0.6) is 0 Å². The van der Waals surface area contributed by atoms with Gasteiger partial charge in [0, 0.05) is 35.1 Å². The number of imidazole rings is 1. The van der Waals surface area contributed by atoms with Crippen LogP contribution in [0.2, 0.25) is 5.02 Å². The molecule has 2 aromatic carbocycles. The molecule has 0 saturated carbocycles. The number of thioether (sulfide) groups is 1. The first kappa shape index (κ1) is 26.5. The zero-order valence-corrected chi connectivity index (χ0v) is 23.1. The van der Waals surface area contributed by atoms with E-state index in [1.54, 1.807) is 0 Å². The van der Waals surface area contributed by atoms with Gasteiger partial charge in [-0.2, -0.15) is 0 Å². The van der Waals surface area contributed by atoms with Gasteiger partial charge in [0.25, 0.3) is 0 Å². The maximum Gasteiger partial charge on any atom is 0.316 e. The normalized spacial score (nSPS) is 15.3. The van der Waals surface area contributed by atoms with Crippen molar-refractivity contribution in [3.8, 4) is 0 Å². The Balaban J connectivity index is 1.22. The molecule has 0 N–H and O–H groups in total. The van der Waals surface area contributed by atoms with E-state index in [2.05, 4.69) is 9.13 Å². The molecule has 38 heavy (non-hydrogen) atoms. The van der Waals surface area contributed by atoms with Crippen LogP contribution in [-0.4, -0.2) is 50.9 Å². The Morgan fingerprint density at radius 3 is 2.71 bits per heavy atom. The van der Waals surface area contributed by atoms with Crippen LogP contribution in [0.3, 0.4) is 0 Å². The number of Topliss-reactive ketones (excluding diaryl/α,β-unsaturated/α-hetero) is 1. The van der Waals surface area contributed by atoms with E-state index in [1.165, 1.54) is 11.8 Å². The first-order valence-electron chi connectivity index (χ1n) is 12.7. The summed E-state index contributed by atoms with van der Waals surface area (Å²) in [5.74, 6) is -0.633. The Kier molecular flexibility index (Phi) is 8.21. The van der Waals surface area contributed by atoms with Gasteiger partial charge in [-0.1, -0.05) is 53.7 Å². The lowest BCUT2D eigenvalue weighted by atomic mass is 10.1. The Morgan fingerprint density at radius 2 is 1.95 bits per heavy atom. The Hall–Kier alpha value is -3.07. The SMILES string of the molecule is Cc1cc(C(=O)COC(=O)CSc2nc3cc(Cl)ccc3n2Cc2ccccc2)c(C)n1C[C@H]1CCCO1. The molecule has 0 unspecified atom stereocenters. The molecule has 0 bridgehead atoms. The molecule has 4 aromatic rings. The molecule has 3 heterocycles. The summed E-state index contributed by atoms with van der Waals surface area (Å²) in [6.45, 7) is 5.75. The first-order chi connectivity index (χ1) is 18.4. The number of carbonyl (C=O) groups excluding carboxylic acids is 2. The summed E-state index contributed by atoms with van der Waals surface area (Å²) < 4.78 is 15.3. The Labute approximate surface area is 231 Å². The van der Waals surface area contributed by atoms with E-state index in [-0.39, 0.29) is 24.2 Å². The first-order valence-corrected chi connectivity index (χ1v) is 14.0. The molecular weight excluding hydrogens is 522 g/mol. The number of rotatable bonds is 10. The van der Waals surface area contributed by atoms with Crippen LogP contribution in [-0.2, 0) is 27.4 Å². The second kappa shape index (κ2) is 11.8. The van der Waals surface area contributed by atoms with Gasteiger partial charge in [0.05, 0.1) is 29.4 Å². The predicted molar refractivity (Wildman–Crippen MR) is 149 cm³/mol. The fourth-order valence-corrected chi connectivity index (χ4v) is 5.83. The van der Waals surface area contributed by atoms with Crippen molar-refractivity contribution in [2.45, 2.75) is 51.0 Å². The average Bonchev–Trinajstić information content (AvgIpc) is 3.62. The standard InChI is InChI=1S/C29H30ClN3O4S/c1-19-13-24(20(2)32(19)16-23-9-6-12-36-23)27(34)17-37-28(35)18-38-29-31-25-14-22(30)10-11-26(25)33(29)15-21-7-4-3-5-8-21/h3-5,7-8,10-11,13-14,23H,6,9,12,15-18H2,1-2H3/t23-/m1/s1. The predicted octanol–water partition coefficient (Wildman–Crippen LogP) is 5.85. The number of hydrogen-bond acceptors (Lipinski definition) is 6. The van der Waals surface area contributed by atoms with Gasteiger partial charge >= 0.3 is 5.97 Å². The van der Waals surface area contributed by atoms with Crippen LogP contribution < -0.4 is 0 Å². The summed E-state index contributed by atoms with van der Waals surface area (Å²) in [6.07, 6.45) is 2.28. The second-order valence-corrected chi connectivity index (χ2v) is 10.9. The molecular formula is C29H30ClN3O4S. The number of benzene rings is 2. The smallest absolute Gasteiger partial charge is 0.316 e. The summed E-state index contributed by atoms with van der Waals surface area (Å²) >= 11 is 7.47. The maximum atomic E-state index is 12.9. The van der Waals surface area contributed by atoms with Gasteiger partial charge in [-0.3, -0.25) is 9.59 Å². The monoisotopic (exact) mass is 551 g/mol. The van der Waals surface area contributed by atoms with Crippen LogP contribution in [0, 0.1) is 13.8 Å². The molecule has 7 nitrogen and oxygen atoms in total. The molecule has 0 aliphatic carbocycles. The Bertz CT molecular complexity index is 1460. The number of esters is 1.